The Balaban J connectivity index is 2.49. The van der Waals surface area contributed by atoms with Gasteiger partial charge in [0.1, 0.15) is 4.90 Å². The van der Waals surface area contributed by atoms with E-state index < -0.39 is 26.7 Å². The molecule has 4 N–H and O–H groups in total. The van der Waals surface area contributed by atoms with E-state index in [-0.39, 0.29) is 30.0 Å². The largest absolute Gasteiger partial charge is 0.504 e. The summed E-state index contributed by atoms with van der Waals surface area (Å²) in [5, 5.41) is 10.5. The number of phenols is 1. The maximum absolute atomic E-state index is 12.7. The Morgan fingerprint density at radius 1 is 1.28 bits per heavy atom. The molecule has 11 heteroatoms. The first-order valence-electron chi connectivity index (χ1n) is 8.53. The van der Waals surface area contributed by atoms with Gasteiger partial charge >= 0.3 is 6.03 Å². The molecule has 2 rings (SSSR count). The van der Waals surface area contributed by atoms with Gasteiger partial charge < -0.3 is 15.6 Å². The van der Waals surface area contributed by atoms with Crippen LogP contribution in [-0.2, 0) is 14.8 Å². The van der Waals surface area contributed by atoms with Crippen molar-refractivity contribution in [2.24, 2.45) is 5.73 Å². The summed E-state index contributed by atoms with van der Waals surface area (Å²) >= 11 is 9.37. The van der Waals surface area contributed by atoms with Gasteiger partial charge in [0.05, 0.1) is 29.1 Å². The lowest BCUT2D eigenvalue weighted by Gasteiger charge is -2.24. The Morgan fingerprint density at radius 3 is 2.52 bits per heavy atom. The number of benzene rings is 2. The van der Waals surface area contributed by atoms with E-state index in [9.17, 15) is 18.3 Å². The molecule has 0 fully saturated rings. The van der Waals surface area contributed by atoms with Gasteiger partial charge in [-0.3, -0.25) is 4.90 Å². The van der Waals surface area contributed by atoms with Crippen molar-refractivity contribution >= 4 is 55.0 Å². The summed E-state index contributed by atoms with van der Waals surface area (Å²) in [5.74, 6) is -0.704. The summed E-state index contributed by atoms with van der Waals surface area (Å²) in [7, 11) is -4.20. The van der Waals surface area contributed by atoms with E-state index in [2.05, 4.69) is 20.7 Å². The van der Waals surface area contributed by atoms with Crippen molar-refractivity contribution < 1.29 is 23.1 Å². The maximum Gasteiger partial charge on any atom is 0.324 e. The molecule has 0 spiro atoms. The van der Waals surface area contributed by atoms with E-state index in [1.807, 2.05) is 13.8 Å². The molecule has 0 radical (unpaired) electrons. The first-order chi connectivity index (χ1) is 13.6. The van der Waals surface area contributed by atoms with Gasteiger partial charge in [-0.05, 0) is 54.0 Å². The fourth-order valence-electron chi connectivity index (χ4n) is 2.52. The van der Waals surface area contributed by atoms with Crippen molar-refractivity contribution in [3.63, 3.8) is 0 Å². The minimum atomic E-state index is -4.20. The van der Waals surface area contributed by atoms with Crippen LogP contribution < -0.4 is 15.4 Å². The highest BCUT2D eigenvalue weighted by molar-refractivity contribution is 9.10. The third kappa shape index (κ3) is 5.61. The molecular weight excluding hydrogens is 486 g/mol. The number of para-hydroxylation sites is 1. The molecule has 0 aromatic heterocycles. The minimum absolute atomic E-state index is 0.0235. The molecule has 0 unspecified atom stereocenters. The molecular formula is C18H21BrClN3O5S. The normalized spacial score (nSPS) is 11.6. The standard InChI is InChI=1S/C18H21BrClN3O5S/c1-11(2)28-10-9-22-29(26,27)17-13(20)7-8-15(16(17)24)23(18(21)25)14-6-4-3-5-12(14)19/h3-8,11,22,24H,9-10H2,1-2H3,(H2,21,25). The molecule has 2 amide bonds. The van der Waals surface area contributed by atoms with Crippen molar-refractivity contribution in [1.82, 2.24) is 4.72 Å². The van der Waals surface area contributed by atoms with Crippen LogP contribution in [0, 0.1) is 0 Å². The average Bonchev–Trinajstić information content (AvgIpc) is 2.62. The van der Waals surface area contributed by atoms with Crippen LogP contribution in [0.15, 0.2) is 45.8 Å². The van der Waals surface area contributed by atoms with Crippen LogP contribution >= 0.6 is 27.5 Å². The van der Waals surface area contributed by atoms with Crippen molar-refractivity contribution in [2.75, 3.05) is 18.1 Å². The summed E-state index contributed by atoms with van der Waals surface area (Å²) in [6.07, 6.45) is -0.0618. The number of amides is 2. The van der Waals surface area contributed by atoms with Gasteiger partial charge in [-0.1, -0.05) is 23.7 Å². The van der Waals surface area contributed by atoms with E-state index in [1.54, 1.807) is 24.3 Å². The number of sulfonamides is 1. The lowest BCUT2D eigenvalue weighted by atomic mass is 10.2. The SMILES string of the molecule is CC(C)OCCNS(=O)(=O)c1c(Cl)ccc(N(C(N)=O)c2ccccc2Br)c1O. The number of nitrogens with one attached hydrogen (secondary N) is 1. The molecule has 8 nitrogen and oxygen atoms in total. The quantitative estimate of drug-likeness (QED) is 0.471. The number of carbonyl (C=O) groups is 1. The number of hydrogen-bond acceptors (Lipinski definition) is 5. The number of aromatic hydroxyl groups is 1. The topological polar surface area (TPSA) is 122 Å². The van der Waals surface area contributed by atoms with Crippen molar-refractivity contribution in [3.8, 4) is 5.75 Å². The number of phenolic OH excluding ortho intramolecular Hbond substituents is 1. The molecule has 0 aliphatic heterocycles. The molecule has 0 bridgehead atoms. The van der Waals surface area contributed by atoms with Gasteiger partial charge in [-0.15, -0.1) is 0 Å². The Morgan fingerprint density at radius 2 is 1.93 bits per heavy atom. The molecule has 2 aromatic carbocycles. The second-order valence-corrected chi connectivity index (χ2v) is 9.15. The predicted molar refractivity (Wildman–Crippen MR) is 115 cm³/mol. The molecule has 0 saturated heterocycles. The van der Waals surface area contributed by atoms with Crippen LogP contribution in [0.3, 0.4) is 0 Å². The molecule has 0 atom stereocenters. The number of nitrogens with zero attached hydrogens (tertiary/aromatic N) is 1. The highest BCUT2D eigenvalue weighted by atomic mass is 79.9. The first-order valence-corrected chi connectivity index (χ1v) is 11.2. The zero-order chi connectivity index (χ0) is 21.8. The van der Waals surface area contributed by atoms with Crippen LogP contribution in [-0.4, -0.2) is 38.8 Å². The smallest absolute Gasteiger partial charge is 0.324 e. The third-order valence-corrected chi connectivity index (χ3v) is 6.36. The third-order valence-electron chi connectivity index (χ3n) is 3.73. The van der Waals surface area contributed by atoms with Gasteiger partial charge in [0.15, 0.2) is 5.75 Å². The number of nitrogens with two attached hydrogens (primary N) is 1. The van der Waals surface area contributed by atoms with Gasteiger partial charge in [0.25, 0.3) is 0 Å². The first kappa shape index (κ1) is 23.4. The lowest BCUT2D eigenvalue weighted by Crippen LogP contribution is -2.32. The number of ether oxygens (including phenoxy) is 1. The van der Waals surface area contributed by atoms with Gasteiger partial charge in [0, 0.05) is 11.0 Å². The Hall–Kier alpha value is -1.85. The molecule has 0 aliphatic rings. The maximum atomic E-state index is 12.7. The van der Waals surface area contributed by atoms with Crippen LogP contribution in [0.5, 0.6) is 5.75 Å². The molecule has 0 heterocycles. The molecule has 158 valence electrons. The zero-order valence-electron chi connectivity index (χ0n) is 15.7. The number of carbonyl (C=O) groups excluding carboxylic acids is 1. The van der Waals surface area contributed by atoms with E-state index in [4.69, 9.17) is 22.1 Å². The number of rotatable bonds is 8. The number of anilines is 2. The highest BCUT2D eigenvalue weighted by Gasteiger charge is 2.29. The average molecular weight is 507 g/mol. The zero-order valence-corrected chi connectivity index (χ0v) is 18.9. The summed E-state index contributed by atoms with van der Waals surface area (Å²) in [5.41, 5.74) is 5.69. The van der Waals surface area contributed by atoms with E-state index in [0.29, 0.717) is 10.2 Å². The highest BCUT2D eigenvalue weighted by Crippen LogP contribution is 2.42. The lowest BCUT2D eigenvalue weighted by molar-refractivity contribution is 0.0834. The Bertz CT molecular complexity index is 1000. The van der Waals surface area contributed by atoms with E-state index in [1.165, 1.54) is 12.1 Å². The molecule has 2 aromatic rings. The monoisotopic (exact) mass is 505 g/mol. The van der Waals surface area contributed by atoms with Crippen LogP contribution in [0.2, 0.25) is 5.02 Å². The minimum Gasteiger partial charge on any atom is -0.504 e. The van der Waals surface area contributed by atoms with Crippen LogP contribution in [0.1, 0.15) is 13.8 Å². The van der Waals surface area contributed by atoms with Crippen LogP contribution in [0.25, 0.3) is 0 Å². The molecule has 0 saturated carbocycles. The second kappa shape index (κ2) is 9.77. The van der Waals surface area contributed by atoms with E-state index in [0.717, 1.165) is 4.90 Å². The van der Waals surface area contributed by atoms with Crippen LogP contribution in [0.4, 0.5) is 16.2 Å². The fraction of sp³-hybridized carbons (Fsp3) is 0.278. The fourth-order valence-corrected chi connectivity index (χ4v) is 4.61. The number of urea groups is 1. The van der Waals surface area contributed by atoms with Crippen molar-refractivity contribution in [1.29, 1.82) is 0 Å². The number of hydrogen-bond donors (Lipinski definition) is 3. The van der Waals surface area contributed by atoms with Crippen molar-refractivity contribution in [2.45, 2.75) is 24.8 Å². The van der Waals surface area contributed by atoms with Gasteiger partial charge in [0.2, 0.25) is 10.0 Å². The molecule has 29 heavy (non-hydrogen) atoms. The van der Waals surface area contributed by atoms with Gasteiger partial charge in [-0.2, -0.15) is 0 Å². The number of halogens is 2. The summed E-state index contributed by atoms with van der Waals surface area (Å²) in [4.78, 5) is 12.6. The number of primary amides is 1. The summed E-state index contributed by atoms with van der Waals surface area (Å²) < 4.78 is 33.6. The van der Waals surface area contributed by atoms with Crippen molar-refractivity contribution in [3.05, 3.63) is 45.9 Å². The molecule has 0 aliphatic carbocycles. The van der Waals surface area contributed by atoms with E-state index >= 15 is 0 Å². The second-order valence-electron chi connectivity index (χ2n) is 6.19. The summed E-state index contributed by atoms with van der Waals surface area (Å²) in [6, 6.07) is 8.30. The predicted octanol–water partition coefficient (Wildman–Crippen LogP) is 3.73. The Kier molecular flexibility index (Phi) is 7.89. The van der Waals surface area contributed by atoms with Gasteiger partial charge in [-0.25, -0.2) is 17.9 Å². The Labute approximate surface area is 182 Å². The summed E-state index contributed by atoms with van der Waals surface area (Å²) in [6.45, 7) is 3.76.